The highest BCUT2D eigenvalue weighted by molar-refractivity contribution is 14.1. The van der Waals surface area contributed by atoms with E-state index in [0.717, 1.165) is 0 Å². The molecule has 1 rings (SSSR count). The fourth-order valence-corrected chi connectivity index (χ4v) is 1.29. The van der Waals surface area contributed by atoms with Gasteiger partial charge in [-0.3, -0.25) is 4.79 Å². The number of nitrogens with one attached hydrogen (secondary N) is 1. The lowest BCUT2D eigenvalue weighted by molar-refractivity contribution is -0.122. The first-order valence-electron chi connectivity index (χ1n) is 3.21. The Morgan fingerprint density at radius 1 is 1.70 bits per heavy atom. The quantitative estimate of drug-likeness (QED) is 0.447. The highest BCUT2D eigenvalue weighted by Gasteiger charge is 2.42. The van der Waals surface area contributed by atoms with E-state index >= 15 is 0 Å². The Balaban J connectivity index is 2.23. The van der Waals surface area contributed by atoms with Gasteiger partial charge in [-0.15, -0.1) is 0 Å². The summed E-state index contributed by atoms with van der Waals surface area (Å²) < 4.78 is 5.05. The van der Waals surface area contributed by atoms with Gasteiger partial charge in [-0.2, -0.15) is 0 Å². The highest BCUT2D eigenvalue weighted by atomic mass is 127. The molecule has 10 heavy (non-hydrogen) atoms. The molecule has 0 aromatic heterocycles. The smallest absolute Gasteiger partial charge is 0.252 e. The van der Waals surface area contributed by atoms with Gasteiger partial charge in [0.05, 0.1) is 0 Å². The van der Waals surface area contributed by atoms with Crippen LogP contribution in [0, 0.1) is 0 Å². The van der Waals surface area contributed by atoms with E-state index in [-0.39, 0.29) is 22.2 Å². The number of carbonyl (C=O) groups is 1. The number of carbonyl (C=O) groups excluding carboxylic acids is 1. The summed E-state index contributed by atoms with van der Waals surface area (Å²) in [7, 11) is 0. The molecule has 1 aliphatic heterocycles. The van der Waals surface area contributed by atoms with Crippen molar-refractivity contribution in [3.8, 4) is 0 Å². The predicted octanol–water partition coefficient (Wildman–Crippen LogP) is 0.671. The molecule has 58 valence electrons. The summed E-state index contributed by atoms with van der Waals surface area (Å²) in [4.78, 5) is 11.0. The Bertz CT molecular complexity index is 149. The zero-order chi connectivity index (χ0) is 7.72. The van der Waals surface area contributed by atoms with Crippen LogP contribution in [-0.2, 0) is 9.53 Å². The first-order chi connectivity index (χ1) is 4.61. The van der Waals surface area contributed by atoms with Crippen molar-refractivity contribution in [2.45, 2.75) is 30.1 Å². The van der Waals surface area contributed by atoms with E-state index in [1.807, 2.05) is 13.8 Å². The van der Waals surface area contributed by atoms with Crippen LogP contribution in [0.4, 0.5) is 0 Å². The van der Waals surface area contributed by atoms with Crippen molar-refractivity contribution in [3.05, 3.63) is 0 Å². The lowest BCUT2D eigenvalue weighted by atomic mass is 10.3. The number of hydrogen-bond acceptors (Lipinski definition) is 2. The molecule has 1 aliphatic rings. The molecule has 2 atom stereocenters. The number of ether oxygens (including phenoxy) is 1. The number of amides is 1. The van der Waals surface area contributed by atoms with Gasteiger partial charge in [0, 0.05) is 6.04 Å². The molecule has 0 unspecified atom stereocenters. The van der Waals surface area contributed by atoms with Gasteiger partial charge in [-0.25, -0.2) is 0 Å². The highest BCUT2D eigenvalue weighted by Crippen LogP contribution is 2.28. The zero-order valence-corrected chi connectivity index (χ0v) is 8.08. The van der Waals surface area contributed by atoms with Crippen LogP contribution in [-0.4, -0.2) is 22.2 Å². The van der Waals surface area contributed by atoms with Crippen molar-refractivity contribution < 1.29 is 9.53 Å². The number of epoxide rings is 1. The fraction of sp³-hybridized carbons (Fsp3) is 0.833. The summed E-state index contributed by atoms with van der Waals surface area (Å²) in [5.41, 5.74) is 0. The van der Waals surface area contributed by atoms with Crippen LogP contribution in [0.5, 0.6) is 0 Å². The van der Waals surface area contributed by atoms with Crippen molar-refractivity contribution in [1.29, 1.82) is 0 Å². The summed E-state index contributed by atoms with van der Waals surface area (Å²) in [6, 6.07) is 0.209. The van der Waals surface area contributed by atoms with Gasteiger partial charge < -0.3 is 10.1 Å². The third-order valence-corrected chi connectivity index (χ3v) is 2.07. The largest absolute Gasteiger partial charge is 0.352 e. The van der Waals surface area contributed by atoms with Gasteiger partial charge in [0.25, 0.3) is 5.91 Å². The molecule has 0 aromatic rings. The average molecular weight is 255 g/mol. The molecule has 1 saturated heterocycles. The number of alkyl halides is 1. The lowest BCUT2D eigenvalue weighted by Gasteiger charge is -2.04. The molecule has 0 spiro atoms. The van der Waals surface area contributed by atoms with Crippen LogP contribution in [0.15, 0.2) is 0 Å². The van der Waals surface area contributed by atoms with Crippen molar-refractivity contribution in [1.82, 2.24) is 5.32 Å². The SMILES string of the molecule is CC(C)NC(=O)[C@H]1O[C@@H]1I. The van der Waals surface area contributed by atoms with E-state index < -0.39 is 0 Å². The van der Waals surface area contributed by atoms with Crippen molar-refractivity contribution in [2.75, 3.05) is 0 Å². The first kappa shape index (κ1) is 8.26. The molecule has 0 aliphatic carbocycles. The van der Waals surface area contributed by atoms with Crippen LogP contribution in [0.2, 0.25) is 0 Å². The molecular weight excluding hydrogens is 245 g/mol. The van der Waals surface area contributed by atoms with Crippen molar-refractivity contribution in [2.24, 2.45) is 0 Å². The molecule has 0 aromatic carbocycles. The summed E-state index contributed by atoms with van der Waals surface area (Å²) in [5, 5.41) is 2.77. The van der Waals surface area contributed by atoms with E-state index in [2.05, 4.69) is 27.9 Å². The molecule has 1 heterocycles. The van der Waals surface area contributed by atoms with E-state index in [9.17, 15) is 4.79 Å². The van der Waals surface area contributed by atoms with Crippen LogP contribution in [0.25, 0.3) is 0 Å². The van der Waals surface area contributed by atoms with Crippen molar-refractivity contribution >= 4 is 28.5 Å². The third-order valence-electron chi connectivity index (χ3n) is 1.13. The molecule has 0 bridgehead atoms. The Morgan fingerprint density at radius 2 is 2.20 bits per heavy atom. The van der Waals surface area contributed by atoms with Gasteiger partial charge in [-0.05, 0) is 36.4 Å². The minimum Gasteiger partial charge on any atom is -0.352 e. The Labute approximate surface area is 73.6 Å². The zero-order valence-electron chi connectivity index (χ0n) is 5.93. The average Bonchev–Trinajstić information content (AvgIpc) is 2.44. The molecule has 4 heteroatoms. The summed E-state index contributed by atoms with van der Waals surface area (Å²) in [5.74, 6) is 0.00870. The van der Waals surface area contributed by atoms with Crippen LogP contribution in [0.1, 0.15) is 13.8 Å². The fourth-order valence-electron chi connectivity index (χ4n) is 0.642. The van der Waals surface area contributed by atoms with E-state index in [1.54, 1.807) is 0 Å². The second-order valence-electron chi connectivity index (χ2n) is 2.57. The number of rotatable bonds is 2. The number of halogens is 1. The monoisotopic (exact) mass is 255 g/mol. The van der Waals surface area contributed by atoms with Gasteiger partial charge in [-0.1, -0.05) is 0 Å². The molecule has 1 amide bonds. The maximum atomic E-state index is 11.0. The number of hydrogen-bond donors (Lipinski definition) is 1. The second-order valence-corrected chi connectivity index (χ2v) is 3.80. The topological polar surface area (TPSA) is 41.6 Å². The van der Waals surface area contributed by atoms with Crippen molar-refractivity contribution in [3.63, 3.8) is 0 Å². The summed E-state index contributed by atoms with van der Waals surface area (Å²) in [6.07, 6.45) is -0.192. The predicted molar refractivity (Wildman–Crippen MR) is 46.0 cm³/mol. The van der Waals surface area contributed by atoms with Gasteiger partial charge in [0.2, 0.25) is 0 Å². The summed E-state index contributed by atoms with van der Waals surface area (Å²) in [6.45, 7) is 3.87. The molecule has 1 N–H and O–H groups in total. The van der Waals surface area contributed by atoms with Gasteiger partial charge >= 0.3 is 0 Å². The maximum absolute atomic E-state index is 11.0. The first-order valence-corrected chi connectivity index (χ1v) is 4.45. The Morgan fingerprint density at radius 3 is 2.50 bits per heavy atom. The third kappa shape index (κ3) is 2.09. The Kier molecular flexibility index (Phi) is 2.51. The normalized spacial score (nSPS) is 30.4. The standard InChI is InChI=1S/C6H10INO2/c1-3(2)8-6(9)4-5(7)10-4/h3-5H,1-2H3,(H,8,9)/t4-,5-/m0/s1. The molecule has 1 fully saturated rings. The van der Waals surface area contributed by atoms with Crippen LogP contribution < -0.4 is 5.32 Å². The molecule has 0 saturated carbocycles. The van der Waals surface area contributed by atoms with E-state index in [0.29, 0.717) is 0 Å². The van der Waals surface area contributed by atoms with E-state index in [4.69, 9.17) is 4.74 Å². The molecular formula is C6H10INO2. The second kappa shape index (κ2) is 3.04. The lowest BCUT2D eigenvalue weighted by Crippen LogP contribution is -2.34. The minimum atomic E-state index is -0.192. The van der Waals surface area contributed by atoms with E-state index in [1.165, 1.54) is 0 Å². The van der Waals surface area contributed by atoms with Crippen LogP contribution in [0.3, 0.4) is 0 Å². The van der Waals surface area contributed by atoms with Gasteiger partial charge in [0.1, 0.15) is 4.11 Å². The summed E-state index contributed by atoms with van der Waals surface area (Å²) >= 11 is 2.10. The Hall–Kier alpha value is 0.160. The molecule has 0 radical (unpaired) electrons. The molecule has 3 nitrogen and oxygen atoms in total. The van der Waals surface area contributed by atoms with Crippen LogP contribution >= 0.6 is 22.6 Å². The van der Waals surface area contributed by atoms with Gasteiger partial charge in [0.15, 0.2) is 6.10 Å². The minimum absolute atomic E-state index is 0.00870. The maximum Gasteiger partial charge on any atom is 0.252 e.